The van der Waals surface area contributed by atoms with Crippen molar-refractivity contribution >= 4 is 11.0 Å². The fourth-order valence-electron chi connectivity index (χ4n) is 1.95. The number of nitrogens with one attached hydrogen (secondary N) is 1. The van der Waals surface area contributed by atoms with Crippen molar-refractivity contribution in [3.63, 3.8) is 0 Å². The third-order valence-corrected chi connectivity index (χ3v) is 2.81. The Labute approximate surface area is 103 Å². The summed E-state index contributed by atoms with van der Waals surface area (Å²) >= 11 is 0. The van der Waals surface area contributed by atoms with Gasteiger partial charge in [0.05, 0.1) is 5.52 Å². The maximum Gasteiger partial charge on any atom is 0.326 e. The summed E-state index contributed by atoms with van der Waals surface area (Å²) in [5, 5.41) is 0. The van der Waals surface area contributed by atoms with Gasteiger partial charge in [0.25, 0.3) is 0 Å². The minimum absolute atomic E-state index is 0.0127. The maximum absolute atomic E-state index is 13.7. The van der Waals surface area contributed by atoms with E-state index in [0.717, 1.165) is 12.6 Å². The molecule has 1 N–H and O–H groups in total. The summed E-state index contributed by atoms with van der Waals surface area (Å²) in [6.45, 7) is 1.13. The molecule has 0 aliphatic carbocycles. The Morgan fingerprint density at radius 2 is 2.06 bits per heavy atom. The Hall–Kier alpha value is -1.69. The number of fused-ring (bicyclic) bond motifs is 1. The first-order valence-electron chi connectivity index (χ1n) is 5.72. The second kappa shape index (κ2) is 4.89. The van der Waals surface area contributed by atoms with Gasteiger partial charge in [0.2, 0.25) is 0 Å². The van der Waals surface area contributed by atoms with E-state index in [4.69, 9.17) is 0 Å². The molecule has 0 spiro atoms. The molecule has 18 heavy (non-hydrogen) atoms. The quantitative estimate of drug-likeness (QED) is 0.900. The van der Waals surface area contributed by atoms with Gasteiger partial charge >= 0.3 is 5.69 Å². The van der Waals surface area contributed by atoms with Gasteiger partial charge in [0.15, 0.2) is 11.6 Å². The van der Waals surface area contributed by atoms with Gasteiger partial charge < -0.3 is 9.88 Å². The molecule has 0 aliphatic rings. The zero-order chi connectivity index (χ0) is 13.3. The zero-order valence-electron chi connectivity index (χ0n) is 10.3. The number of aromatic nitrogens is 2. The van der Waals surface area contributed by atoms with Crippen LogP contribution in [-0.4, -0.2) is 35.1 Å². The monoisotopic (exact) mass is 255 g/mol. The Balaban J connectivity index is 2.40. The van der Waals surface area contributed by atoms with Crippen LogP contribution in [0.15, 0.2) is 16.9 Å². The molecular weight excluding hydrogens is 240 g/mol. The van der Waals surface area contributed by atoms with Gasteiger partial charge in [-0.1, -0.05) is 0 Å². The van der Waals surface area contributed by atoms with Crippen LogP contribution in [0.2, 0.25) is 0 Å². The highest BCUT2D eigenvalue weighted by Gasteiger charge is 2.14. The average Bonchev–Trinajstić information content (AvgIpc) is 2.61. The van der Waals surface area contributed by atoms with Gasteiger partial charge in [0, 0.05) is 6.54 Å². The van der Waals surface area contributed by atoms with Crippen molar-refractivity contribution in [3.05, 3.63) is 34.3 Å². The van der Waals surface area contributed by atoms with Crippen LogP contribution in [0, 0.1) is 11.6 Å². The van der Waals surface area contributed by atoms with E-state index in [2.05, 4.69) is 4.98 Å². The molecule has 6 heteroatoms. The van der Waals surface area contributed by atoms with E-state index >= 15 is 0 Å². The van der Waals surface area contributed by atoms with Crippen LogP contribution in [0.5, 0.6) is 0 Å². The molecule has 2 rings (SSSR count). The Morgan fingerprint density at radius 3 is 2.72 bits per heavy atom. The van der Waals surface area contributed by atoms with E-state index in [1.165, 1.54) is 10.6 Å². The summed E-state index contributed by atoms with van der Waals surface area (Å²) in [7, 11) is 3.83. The lowest BCUT2D eigenvalue weighted by Crippen LogP contribution is -2.21. The Bertz CT molecular complexity index is 616. The molecule has 1 aromatic carbocycles. The number of hydrogen-bond acceptors (Lipinski definition) is 2. The third kappa shape index (κ3) is 2.28. The Kier molecular flexibility index (Phi) is 3.47. The van der Waals surface area contributed by atoms with Gasteiger partial charge in [-0.15, -0.1) is 0 Å². The van der Waals surface area contributed by atoms with Gasteiger partial charge in [-0.25, -0.2) is 13.6 Å². The van der Waals surface area contributed by atoms with Gasteiger partial charge in [-0.2, -0.15) is 0 Å². The van der Waals surface area contributed by atoms with Crippen molar-refractivity contribution in [1.82, 2.24) is 14.5 Å². The predicted octanol–water partition coefficient (Wildman–Crippen LogP) is 1.56. The lowest BCUT2D eigenvalue weighted by molar-refractivity contribution is 0.385. The lowest BCUT2D eigenvalue weighted by Gasteiger charge is -2.09. The molecular formula is C12H15F2N3O. The number of halogens is 2. The van der Waals surface area contributed by atoms with Crippen molar-refractivity contribution in [2.45, 2.75) is 13.0 Å². The number of benzene rings is 1. The van der Waals surface area contributed by atoms with Crippen molar-refractivity contribution in [1.29, 1.82) is 0 Å². The zero-order valence-corrected chi connectivity index (χ0v) is 10.3. The summed E-state index contributed by atoms with van der Waals surface area (Å²) in [5.41, 5.74) is -0.0734. The van der Waals surface area contributed by atoms with Gasteiger partial charge in [0.1, 0.15) is 5.52 Å². The number of imidazole rings is 1. The highest BCUT2D eigenvalue weighted by atomic mass is 19.2. The molecule has 0 saturated carbocycles. The molecule has 0 amide bonds. The molecule has 1 aromatic heterocycles. The number of hydrogen-bond donors (Lipinski definition) is 1. The Morgan fingerprint density at radius 1 is 1.33 bits per heavy atom. The van der Waals surface area contributed by atoms with E-state index in [-0.39, 0.29) is 5.52 Å². The summed E-state index contributed by atoms with van der Waals surface area (Å²) in [5.74, 6) is -1.92. The minimum atomic E-state index is -0.976. The molecule has 1 heterocycles. The summed E-state index contributed by atoms with van der Waals surface area (Å²) in [6.07, 6.45) is 0.690. The molecule has 0 saturated heterocycles. The summed E-state index contributed by atoms with van der Waals surface area (Å²) in [6, 6.07) is 2.38. The third-order valence-electron chi connectivity index (χ3n) is 2.81. The lowest BCUT2D eigenvalue weighted by atomic mass is 10.3. The number of H-pyrrole nitrogens is 1. The highest BCUT2D eigenvalue weighted by molar-refractivity contribution is 5.75. The highest BCUT2D eigenvalue weighted by Crippen LogP contribution is 2.17. The first-order chi connectivity index (χ1) is 8.50. The van der Waals surface area contributed by atoms with Crippen LogP contribution in [-0.2, 0) is 6.54 Å². The van der Waals surface area contributed by atoms with Crippen LogP contribution < -0.4 is 5.69 Å². The van der Waals surface area contributed by atoms with Crippen molar-refractivity contribution < 1.29 is 8.78 Å². The maximum atomic E-state index is 13.7. The topological polar surface area (TPSA) is 41.0 Å². The van der Waals surface area contributed by atoms with Crippen LogP contribution in [0.25, 0.3) is 11.0 Å². The normalized spacial score (nSPS) is 11.6. The second-order valence-electron chi connectivity index (χ2n) is 4.50. The molecule has 2 aromatic rings. The first-order valence-corrected chi connectivity index (χ1v) is 5.72. The smallest absolute Gasteiger partial charge is 0.309 e. The predicted molar refractivity (Wildman–Crippen MR) is 65.6 cm³/mol. The molecule has 0 radical (unpaired) electrons. The fourth-order valence-corrected chi connectivity index (χ4v) is 1.95. The molecule has 0 aliphatic heterocycles. The van der Waals surface area contributed by atoms with Crippen molar-refractivity contribution in [2.24, 2.45) is 0 Å². The largest absolute Gasteiger partial charge is 0.326 e. The molecule has 98 valence electrons. The number of rotatable bonds is 4. The number of nitrogens with zero attached hydrogens (tertiary/aromatic N) is 2. The number of aromatic amines is 1. The van der Waals surface area contributed by atoms with E-state index in [9.17, 15) is 13.6 Å². The van der Waals surface area contributed by atoms with Crippen LogP contribution in [0.3, 0.4) is 0 Å². The van der Waals surface area contributed by atoms with Gasteiger partial charge in [-0.3, -0.25) is 4.57 Å². The van der Waals surface area contributed by atoms with E-state index < -0.39 is 17.3 Å². The van der Waals surface area contributed by atoms with Crippen molar-refractivity contribution in [2.75, 3.05) is 20.6 Å². The standard InChI is InChI=1S/C12H15F2N3O/c1-16(2)6-3-7-17-11-9(15-12(17)18)5-4-8(13)10(11)14/h4-5H,3,6-7H2,1-2H3,(H,15,18). The second-order valence-corrected chi connectivity index (χ2v) is 4.50. The minimum Gasteiger partial charge on any atom is -0.309 e. The first kappa shape index (κ1) is 12.8. The summed E-state index contributed by atoms with van der Waals surface area (Å²) < 4.78 is 28.1. The average molecular weight is 255 g/mol. The van der Waals surface area contributed by atoms with E-state index in [1.807, 2.05) is 19.0 Å². The fraction of sp³-hybridized carbons (Fsp3) is 0.417. The molecule has 0 atom stereocenters. The SMILES string of the molecule is CN(C)CCCn1c(=O)[nH]c2ccc(F)c(F)c21. The van der Waals surface area contributed by atoms with Gasteiger partial charge in [-0.05, 0) is 39.2 Å². The van der Waals surface area contributed by atoms with Crippen LogP contribution >= 0.6 is 0 Å². The van der Waals surface area contributed by atoms with Crippen LogP contribution in [0.4, 0.5) is 8.78 Å². The van der Waals surface area contributed by atoms with Crippen molar-refractivity contribution in [3.8, 4) is 0 Å². The van der Waals surface area contributed by atoms with E-state index in [0.29, 0.717) is 18.5 Å². The van der Waals surface area contributed by atoms with Crippen LogP contribution in [0.1, 0.15) is 6.42 Å². The molecule has 0 fully saturated rings. The summed E-state index contributed by atoms with van der Waals surface area (Å²) in [4.78, 5) is 16.2. The molecule has 4 nitrogen and oxygen atoms in total. The van der Waals surface area contributed by atoms with E-state index in [1.54, 1.807) is 0 Å². The molecule has 0 unspecified atom stereocenters. The number of aryl methyl sites for hydroxylation is 1. The molecule has 0 bridgehead atoms.